The SMILES string of the molecule is CC1CCC(C(=O)N(c2cc3c(cc2C(=O)O)oc2ccc(COC(C)C)cc23)C(C)C)CC1.COC(=O)c1cc2oc3ccc(CO)cc3c2cc1N(C(=O)C1CCC(C)CC1)C(C)C. The van der Waals surface area contributed by atoms with Crippen LogP contribution in [0.2, 0.25) is 0 Å². The Morgan fingerprint density at radius 2 is 1.03 bits per heavy atom. The van der Waals surface area contributed by atoms with E-state index in [9.17, 15) is 29.4 Å². The lowest BCUT2D eigenvalue weighted by Gasteiger charge is -2.34. The van der Waals surface area contributed by atoms with Gasteiger partial charge in [-0.05, 0) is 164 Å². The highest BCUT2D eigenvalue weighted by molar-refractivity contribution is 6.14. The molecule has 2 amide bonds. The topological polar surface area (TPSA) is 160 Å². The molecule has 2 aliphatic carbocycles. The van der Waals surface area contributed by atoms with Crippen LogP contribution in [-0.2, 0) is 32.3 Å². The molecule has 0 spiro atoms. The van der Waals surface area contributed by atoms with E-state index in [1.807, 2.05) is 84.0 Å². The van der Waals surface area contributed by atoms with Crippen molar-refractivity contribution < 1.29 is 47.7 Å². The van der Waals surface area contributed by atoms with Crippen molar-refractivity contribution in [3.63, 3.8) is 0 Å². The van der Waals surface area contributed by atoms with Gasteiger partial charge in [0.05, 0.1) is 48.9 Å². The number of carboxylic acids is 1. The van der Waals surface area contributed by atoms with Crippen LogP contribution >= 0.6 is 0 Å². The van der Waals surface area contributed by atoms with Crippen LogP contribution < -0.4 is 9.80 Å². The highest BCUT2D eigenvalue weighted by atomic mass is 16.5. The highest BCUT2D eigenvalue weighted by Gasteiger charge is 2.35. The van der Waals surface area contributed by atoms with Gasteiger partial charge in [-0.15, -0.1) is 0 Å². The zero-order chi connectivity index (χ0) is 47.6. The number of anilines is 2. The van der Waals surface area contributed by atoms with E-state index < -0.39 is 11.9 Å². The number of hydrogen-bond donors (Lipinski definition) is 2. The van der Waals surface area contributed by atoms with Crippen molar-refractivity contribution >= 4 is 79.0 Å². The first kappa shape index (κ1) is 48.2. The van der Waals surface area contributed by atoms with Crippen LogP contribution in [0, 0.1) is 23.7 Å². The molecule has 8 rings (SSSR count). The van der Waals surface area contributed by atoms with Gasteiger partial charge in [0.1, 0.15) is 22.3 Å². The Morgan fingerprint density at radius 3 is 1.45 bits per heavy atom. The Bertz CT molecular complexity index is 2730. The molecule has 0 bridgehead atoms. The number of benzene rings is 4. The third-order valence-corrected chi connectivity index (χ3v) is 13.5. The minimum absolute atomic E-state index is 0.0163. The summed E-state index contributed by atoms with van der Waals surface area (Å²) in [5, 5.41) is 22.9. The summed E-state index contributed by atoms with van der Waals surface area (Å²) in [6.07, 6.45) is 7.70. The van der Waals surface area contributed by atoms with Gasteiger partial charge < -0.3 is 38.3 Å². The minimum Gasteiger partial charge on any atom is -0.478 e. The van der Waals surface area contributed by atoms with Crippen LogP contribution in [0.25, 0.3) is 43.9 Å². The summed E-state index contributed by atoms with van der Waals surface area (Å²) in [6, 6.07) is 18.0. The second kappa shape index (κ2) is 20.4. The lowest BCUT2D eigenvalue weighted by Crippen LogP contribution is -2.43. The van der Waals surface area contributed by atoms with Crippen molar-refractivity contribution in [2.24, 2.45) is 23.7 Å². The van der Waals surface area contributed by atoms with Crippen molar-refractivity contribution in [3.05, 3.63) is 82.9 Å². The van der Waals surface area contributed by atoms with Gasteiger partial charge >= 0.3 is 11.9 Å². The molecular weight excluding hydrogens is 837 g/mol. The van der Waals surface area contributed by atoms with Gasteiger partial charge in [0.25, 0.3) is 0 Å². The molecular formula is C54H66N2O10. The molecule has 4 aromatic carbocycles. The lowest BCUT2D eigenvalue weighted by molar-refractivity contribution is -0.124. The fraction of sp³-hybridized carbons (Fsp3) is 0.481. The number of aliphatic hydroxyl groups excluding tert-OH is 1. The average molecular weight is 903 g/mol. The van der Waals surface area contributed by atoms with E-state index in [0.717, 1.165) is 84.0 Å². The molecule has 0 saturated heterocycles. The molecule has 0 aliphatic heterocycles. The number of carbonyl (C=O) groups excluding carboxylic acids is 3. The first-order valence-corrected chi connectivity index (χ1v) is 23.7. The van der Waals surface area contributed by atoms with Crippen LogP contribution in [0.4, 0.5) is 11.4 Å². The Balaban J connectivity index is 0.000000197. The monoisotopic (exact) mass is 902 g/mol. The number of furan rings is 2. The quantitative estimate of drug-likeness (QED) is 0.113. The molecule has 0 unspecified atom stereocenters. The van der Waals surface area contributed by atoms with E-state index >= 15 is 0 Å². The summed E-state index contributed by atoms with van der Waals surface area (Å²) in [4.78, 5) is 55.7. The number of aliphatic hydroxyl groups is 1. The molecule has 2 N–H and O–H groups in total. The van der Waals surface area contributed by atoms with E-state index in [2.05, 4.69) is 13.8 Å². The van der Waals surface area contributed by atoms with Crippen LogP contribution in [-0.4, -0.2) is 59.3 Å². The Hall–Kier alpha value is -5.72. The van der Waals surface area contributed by atoms with Crippen LogP contribution in [0.1, 0.15) is 139 Å². The van der Waals surface area contributed by atoms with Gasteiger partial charge in [-0.1, -0.05) is 26.0 Å². The fourth-order valence-corrected chi connectivity index (χ4v) is 9.72. The minimum atomic E-state index is -1.07. The summed E-state index contributed by atoms with van der Waals surface area (Å²) < 4.78 is 22.8. The molecule has 6 aromatic rings. The number of nitrogens with zero attached hydrogens (tertiary/aromatic N) is 2. The molecule has 2 aliphatic rings. The predicted molar refractivity (Wildman–Crippen MR) is 259 cm³/mol. The first-order valence-electron chi connectivity index (χ1n) is 23.7. The number of methoxy groups -OCH3 is 1. The number of aromatic carboxylic acids is 1. The number of ether oxygens (including phenoxy) is 2. The molecule has 0 atom stereocenters. The number of fused-ring (bicyclic) bond motifs is 6. The molecule has 2 saturated carbocycles. The second-order valence-electron chi connectivity index (χ2n) is 19.4. The fourth-order valence-electron chi connectivity index (χ4n) is 9.72. The second-order valence-corrected chi connectivity index (χ2v) is 19.4. The van der Waals surface area contributed by atoms with Gasteiger partial charge in [-0.2, -0.15) is 0 Å². The number of amides is 2. The molecule has 12 heteroatoms. The largest absolute Gasteiger partial charge is 0.478 e. The molecule has 2 fully saturated rings. The molecule has 352 valence electrons. The predicted octanol–water partition coefficient (Wildman–Crippen LogP) is 12.2. The normalized spacial score (nSPS) is 18.9. The lowest BCUT2D eigenvalue weighted by atomic mass is 9.82. The number of carboxylic acid groups (broad SMARTS) is 1. The summed E-state index contributed by atoms with van der Waals surface area (Å²) in [5.41, 5.74) is 5.55. The van der Waals surface area contributed by atoms with Crippen LogP contribution in [0.15, 0.2) is 69.5 Å². The average Bonchev–Trinajstić information content (AvgIpc) is 3.84. The molecule has 2 heterocycles. The van der Waals surface area contributed by atoms with E-state index in [-0.39, 0.29) is 54.0 Å². The Morgan fingerprint density at radius 1 is 0.606 bits per heavy atom. The molecule has 0 radical (unpaired) electrons. The van der Waals surface area contributed by atoms with E-state index in [1.54, 1.807) is 28.0 Å². The summed E-state index contributed by atoms with van der Waals surface area (Å²) in [6.45, 7) is 16.7. The third kappa shape index (κ3) is 10.1. The molecule has 66 heavy (non-hydrogen) atoms. The first-order chi connectivity index (χ1) is 31.5. The maximum atomic E-state index is 13.7. The third-order valence-electron chi connectivity index (χ3n) is 13.5. The van der Waals surface area contributed by atoms with Crippen molar-refractivity contribution in [1.82, 2.24) is 0 Å². The Labute approximate surface area is 387 Å². The van der Waals surface area contributed by atoms with Gasteiger partial charge in [-0.25, -0.2) is 9.59 Å². The standard InChI is InChI=1S/C28H35NO5.C26H31NO5/c1-16(2)29(27(30)20-9-6-18(5)7-10-20)24-13-22-21-12-19(15-33-17(3)4)8-11-25(21)34-26(22)14-23(24)28(31)32;1-15(2)27(25(29)18-8-5-16(3)6-9-18)22-12-20-19-11-17(14-28)7-10-23(19)32-24(20)13-21(22)26(30)31-4/h8,11-14,16-18,20H,6-7,9-10,15H2,1-5H3,(H,31,32);7,10-13,15-16,18,28H,5-6,8-9,14H2,1-4H3. The van der Waals surface area contributed by atoms with Gasteiger partial charge in [0.15, 0.2) is 0 Å². The number of esters is 1. The summed E-state index contributed by atoms with van der Waals surface area (Å²) in [5.74, 6) is -0.343. The van der Waals surface area contributed by atoms with E-state index in [4.69, 9.17) is 18.3 Å². The van der Waals surface area contributed by atoms with Gasteiger partial charge in [0, 0.05) is 45.5 Å². The maximum absolute atomic E-state index is 13.7. The zero-order valence-electron chi connectivity index (χ0n) is 39.9. The smallest absolute Gasteiger partial charge is 0.340 e. The van der Waals surface area contributed by atoms with Crippen molar-refractivity contribution in [2.75, 3.05) is 16.9 Å². The highest BCUT2D eigenvalue weighted by Crippen LogP contribution is 2.40. The van der Waals surface area contributed by atoms with E-state index in [0.29, 0.717) is 57.7 Å². The molecule has 12 nitrogen and oxygen atoms in total. The maximum Gasteiger partial charge on any atom is 0.340 e. The van der Waals surface area contributed by atoms with Crippen LogP contribution in [0.3, 0.4) is 0 Å². The van der Waals surface area contributed by atoms with Crippen molar-refractivity contribution in [1.29, 1.82) is 0 Å². The van der Waals surface area contributed by atoms with Crippen molar-refractivity contribution in [2.45, 2.75) is 138 Å². The van der Waals surface area contributed by atoms with Gasteiger partial charge in [0.2, 0.25) is 11.8 Å². The molecule has 2 aromatic heterocycles. The van der Waals surface area contributed by atoms with E-state index in [1.165, 1.54) is 7.11 Å². The zero-order valence-corrected chi connectivity index (χ0v) is 39.9. The Kier molecular flexibility index (Phi) is 14.9. The number of rotatable bonds is 12. The number of hydrogen-bond acceptors (Lipinski definition) is 9. The summed E-state index contributed by atoms with van der Waals surface area (Å²) >= 11 is 0. The van der Waals surface area contributed by atoms with Crippen molar-refractivity contribution in [3.8, 4) is 0 Å². The van der Waals surface area contributed by atoms with Crippen LogP contribution in [0.5, 0.6) is 0 Å². The van der Waals surface area contributed by atoms with Gasteiger partial charge in [-0.3, -0.25) is 9.59 Å². The number of carbonyl (C=O) groups is 4. The summed E-state index contributed by atoms with van der Waals surface area (Å²) in [7, 11) is 1.34.